The molecule has 1 atom stereocenters. The van der Waals surface area contributed by atoms with Crippen molar-refractivity contribution in [1.82, 2.24) is 14.9 Å². The molecular weight excluding hydrogens is 356 g/mol. The molecule has 136 valence electrons. The average Bonchev–Trinajstić information content (AvgIpc) is 3.15. The first kappa shape index (κ1) is 18.0. The first-order chi connectivity index (χ1) is 12.3. The van der Waals surface area contributed by atoms with Crippen LogP contribution in [-0.2, 0) is 11.8 Å². The van der Waals surface area contributed by atoms with Crippen LogP contribution in [0.4, 0.5) is 0 Å². The number of nitrogens with zero attached hydrogens (tertiary/aromatic N) is 3. The van der Waals surface area contributed by atoms with Crippen molar-refractivity contribution >= 4 is 17.6 Å². The molecule has 0 aliphatic rings. The van der Waals surface area contributed by atoms with Gasteiger partial charge in [-0.25, -0.2) is 4.57 Å². The van der Waals surface area contributed by atoms with Gasteiger partial charge < -0.3 is 10.3 Å². The summed E-state index contributed by atoms with van der Waals surface area (Å²) in [5, 5.41) is 27.6. The first-order valence-electron chi connectivity index (χ1n) is 8.09. The number of aromatic amines is 1. The van der Waals surface area contributed by atoms with Crippen molar-refractivity contribution in [2.75, 3.05) is 0 Å². The smallest absolute Gasteiger partial charge is 0.304 e. The number of aromatic nitrogens is 4. The molecule has 0 saturated carbocycles. The molecule has 1 aromatic carbocycles. The number of imidazole rings is 1. The zero-order valence-corrected chi connectivity index (χ0v) is 15.4. The van der Waals surface area contributed by atoms with Crippen molar-refractivity contribution in [3.05, 3.63) is 58.3 Å². The summed E-state index contributed by atoms with van der Waals surface area (Å²) < 4.78 is 2.86. The summed E-state index contributed by atoms with van der Waals surface area (Å²) in [6.07, 6.45) is 1.42. The second-order valence-corrected chi connectivity index (χ2v) is 6.69. The summed E-state index contributed by atoms with van der Waals surface area (Å²) >= 11 is 5.96. The maximum atomic E-state index is 11.5. The molecule has 0 aliphatic heterocycles. The van der Waals surface area contributed by atoms with E-state index in [-0.39, 0.29) is 6.42 Å². The molecule has 3 aromatic rings. The fraction of sp³-hybridized carbons (Fsp3) is 0.278. The van der Waals surface area contributed by atoms with Crippen molar-refractivity contribution < 1.29 is 19.7 Å². The summed E-state index contributed by atoms with van der Waals surface area (Å²) in [7, 11) is 1.81. The van der Waals surface area contributed by atoms with E-state index in [9.17, 15) is 15.1 Å². The second kappa shape index (κ2) is 6.84. The highest BCUT2D eigenvalue weighted by Crippen LogP contribution is 2.34. The minimum absolute atomic E-state index is 0.183. The molecule has 0 spiro atoms. The monoisotopic (exact) mass is 375 g/mol. The SMILES string of the molecule is Cc1c(C)[n+](C)c(C(CC(=O)O)c2cn[nH]c2-c2ccc(Cl)cc2)n1O. The first-order valence-corrected chi connectivity index (χ1v) is 8.47. The number of hydrogen-bond acceptors (Lipinski definition) is 3. The fourth-order valence-corrected chi connectivity index (χ4v) is 3.31. The third kappa shape index (κ3) is 3.06. The summed E-state index contributed by atoms with van der Waals surface area (Å²) in [6.45, 7) is 3.66. The molecular formula is C18H20ClN4O3+. The minimum atomic E-state index is -0.963. The van der Waals surface area contributed by atoms with Crippen LogP contribution in [-0.4, -0.2) is 31.2 Å². The van der Waals surface area contributed by atoms with Gasteiger partial charge in [-0.2, -0.15) is 5.10 Å². The zero-order valence-electron chi connectivity index (χ0n) is 14.7. The van der Waals surface area contributed by atoms with Crippen LogP contribution >= 0.6 is 11.6 Å². The number of carboxylic acid groups (broad SMARTS) is 1. The molecule has 2 heterocycles. The largest absolute Gasteiger partial charge is 0.481 e. The molecule has 7 nitrogen and oxygen atoms in total. The molecule has 2 aromatic heterocycles. The summed E-state index contributed by atoms with van der Waals surface area (Å²) in [5.74, 6) is -1.06. The lowest BCUT2D eigenvalue weighted by Crippen LogP contribution is -2.37. The Bertz CT molecular complexity index is 934. The lowest BCUT2D eigenvalue weighted by atomic mass is 9.92. The van der Waals surface area contributed by atoms with Gasteiger partial charge in [-0.1, -0.05) is 23.7 Å². The lowest BCUT2D eigenvalue weighted by molar-refractivity contribution is -0.686. The van der Waals surface area contributed by atoms with E-state index in [4.69, 9.17) is 11.6 Å². The van der Waals surface area contributed by atoms with Crippen molar-refractivity contribution in [3.63, 3.8) is 0 Å². The van der Waals surface area contributed by atoms with Gasteiger partial charge in [-0.05, 0) is 22.4 Å². The van der Waals surface area contributed by atoms with Crippen LogP contribution < -0.4 is 4.57 Å². The number of aliphatic carboxylic acids is 1. The third-order valence-electron chi connectivity index (χ3n) is 4.77. The lowest BCUT2D eigenvalue weighted by Gasteiger charge is -2.12. The fourth-order valence-electron chi connectivity index (χ4n) is 3.19. The molecule has 0 bridgehead atoms. The van der Waals surface area contributed by atoms with Crippen LogP contribution in [0.2, 0.25) is 5.02 Å². The Balaban J connectivity index is 2.17. The standard InChI is InChI=1S/C18H19ClN4O3/c1-10-11(2)23(26)18(22(10)3)14(8-16(24)25)15-9-20-21-17(15)12-4-6-13(19)7-5-12/h4-7,9,14H,8H2,1-3H3,(H2-,20,21,24,25,26)/p+1. The molecule has 0 saturated heterocycles. The normalized spacial score (nSPS) is 12.3. The van der Waals surface area contributed by atoms with E-state index in [0.717, 1.165) is 16.0 Å². The minimum Gasteiger partial charge on any atom is -0.481 e. The van der Waals surface area contributed by atoms with E-state index in [1.807, 2.05) is 23.6 Å². The Morgan fingerprint density at radius 2 is 2.00 bits per heavy atom. The predicted molar refractivity (Wildman–Crippen MR) is 95.4 cm³/mol. The number of benzene rings is 1. The molecule has 8 heteroatoms. The number of rotatable bonds is 5. The van der Waals surface area contributed by atoms with E-state index < -0.39 is 11.9 Å². The molecule has 0 aliphatic carbocycles. The summed E-state index contributed by atoms with van der Waals surface area (Å²) in [4.78, 5) is 11.5. The van der Waals surface area contributed by atoms with Gasteiger partial charge in [-0.15, -0.1) is 0 Å². The van der Waals surface area contributed by atoms with E-state index in [1.54, 1.807) is 32.3 Å². The van der Waals surface area contributed by atoms with Crippen LogP contribution in [0.1, 0.15) is 35.1 Å². The summed E-state index contributed by atoms with van der Waals surface area (Å²) in [6, 6.07) is 7.20. The van der Waals surface area contributed by atoms with Crippen LogP contribution in [0, 0.1) is 13.8 Å². The quantitative estimate of drug-likeness (QED) is 0.472. The highest BCUT2D eigenvalue weighted by atomic mass is 35.5. The van der Waals surface area contributed by atoms with Gasteiger partial charge in [0.15, 0.2) is 5.69 Å². The highest BCUT2D eigenvalue weighted by Gasteiger charge is 2.36. The van der Waals surface area contributed by atoms with Gasteiger partial charge in [0, 0.05) is 24.4 Å². The zero-order chi connectivity index (χ0) is 19.0. The van der Waals surface area contributed by atoms with Gasteiger partial charge in [0.1, 0.15) is 11.6 Å². The van der Waals surface area contributed by atoms with E-state index >= 15 is 0 Å². The Morgan fingerprint density at radius 1 is 1.35 bits per heavy atom. The maximum Gasteiger partial charge on any atom is 0.304 e. The number of nitrogens with one attached hydrogen (secondary N) is 1. The van der Waals surface area contributed by atoms with Crippen LogP contribution in [0.3, 0.4) is 0 Å². The average molecular weight is 376 g/mol. The van der Waals surface area contributed by atoms with E-state index in [2.05, 4.69) is 10.2 Å². The molecule has 3 N–H and O–H groups in total. The second-order valence-electron chi connectivity index (χ2n) is 6.26. The number of H-pyrrole nitrogens is 1. The van der Waals surface area contributed by atoms with Crippen LogP contribution in [0.15, 0.2) is 30.5 Å². The number of carboxylic acids is 1. The van der Waals surface area contributed by atoms with Gasteiger partial charge in [0.05, 0.1) is 25.4 Å². The molecule has 3 rings (SSSR count). The maximum absolute atomic E-state index is 11.5. The topological polar surface area (TPSA) is 95.0 Å². The number of hydrogen-bond donors (Lipinski definition) is 3. The number of halogens is 1. The van der Waals surface area contributed by atoms with Gasteiger partial charge in [-0.3, -0.25) is 9.89 Å². The molecule has 26 heavy (non-hydrogen) atoms. The van der Waals surface area contributed by atoms with Crippen molar-refractivity contribution in [2.24, 2.45) is 7.05 Å². The highest BCUT2D eigenvalue weighted by molar-refractivity contribution is 6.30. The van der Waals surface area contributed by atoms with E-state index in [0.29, 0.717) is 27.8 Å². The molecule has 0 fully saturated rings. The van der Waals surface area contributed by atoms with Gasteiger partial charge in [0.2, 0.25) is 0 Å². The summed E-state index contributed by atoms with van der Waals surface area (Å²) in [5.41, 5.74) is 3.75. The van der Waals surface area contributed by atoms with Crippen molar-refractivity contribution in [2.45, 2.75) is 26.2 Å². The van der Waals surface area contributed by atoms with Crippen LogP contribution in [0.5, 0.6) is 0 Å². The molecule has 0 amide bonds. The van der Waals surface area contributed by atoms with Crippen LogP contribution in [0.25, 0.3) is 11.3 Å². The Labute approximate surface area is 155 Å². The van der Waals surface area contributed by atoms with Crippen molar-refractivity contribution in [1.29, 1.82) is 0 Å². The Hall–Kier alpha value is -2.80. The molecule has 1 unspecified atom stereocenters. The predicted octanol–water partition coefficient (Wildman–Crippen LogP) is 2.82. The third-order valence-corrected chi connectivity index (χ3v) is 5.02. The van der Waals surface area contributed by atoms with Gasteiger partial charge >= 0.3 is 11.8 Å². The Kier molecular flexibility index (Phi) is 4.73. The molecule has 0 radical (unpaired) electrons. The Morgan fingerprint density at radius 3 is 2.54 bits per heavy atom. The van der Waals surface area contributed by atoms with Gasteiger partial charge in [0.25, 0.3) is 0 Å². The van der Waals surface area contributed by atoms with E-state index in [1.165, 1.54) is 0 Å². The van der Waals surface area contributed by atoms with Crippen molar-refractivity contribution in [3.8, 4) is 11.3 Å². The number of carbonyl (C=O) groups is 1.